The molecule has 1 saturated carbocycles. The minimum Gasteiger partial charge on any atom is -0.144 e. The zero-order valence-electron chi connectivity index (χ0n) is 18.0. The summed E-state index contributed by atoms with van der Waals surface area (Å²) in [6, 6.07) is 9.48. The summed E-state index contributed by atoms with van der Waals surface area (Å²) in [5.74, 6) is 1.79. The van der Waals surface area contributed by atoms with Gasteiger partial charge in [-0.05, 0) is 61.5 Å². The maximum atomic E-state index is 4.38. The van der Waals surface area contributed by atoms with Crippen molar-refractivity contribution in [2.24, 2.45) is 5.92 Å². The highest BCUT2D eigenvalue weighted by molar-refractivity contribution is 7.11. The molecule has 0 radical (unpaired) electrons. The largest absolute Gasteiger partial charge is 0.144 e. The molecule has 1 heterocycles. The molecule has 3 heteroatoms. The molecular weight excluding hydrogens is 360 g/mol. The van der Waals surface area contributed by atoms with Crippen LogP contribution in [0.3, 0.4) is 0 Å². The summed E-state index contributed by atoms with van der Waals surface area (Å²) in [5, 5.41) is 11.1. The second-order valence-corrected chi connectivity index (χ2v) is 9.79. The molecule has 1 aromatic heterocycles. The van der Waals surface area contributed by atoms with Crippen LogP contribution in [0.4, 0.5) is 0 Å². The molecule has 0 N–H and O–H groups in total. The fraction of sp³-hybridized carbons (Fsp3) is 0.680. The van der Waals surface area contributed by atoms with Crippen LogP contribution in [0.15, 0.2) is 24.3 Å². The van der Waals surface area contributed by atoms with Crippen molar-refractivity contribution in [2.75, 3.05) is 0 Å². The first-order valence-corrected chi connectivity index (χ1v) is 12.5. The van der Waals surface area contributed by atoms with Crippen LogP contribution in [0.2, 0.25) is 0 Å². The molecule has 0 aliphatic heterocycles. The number of rotatable bonds is 11. The number of benzene rings is 1. The Hall–Kier alpha value is -1.22. The maximum Gasteiger partial charge on any atom is 0.117 e. The van der Waals surface area contributed by atoms with E-state index in [9.17, 15) is 0 Å². The quantitative estimate of drug-likeness (QED) is 0.366. The molecular formula is C25H38N2S. The van der Waals surface area contributed by atoms with E-state index in [0.717, 1.165) is 31.1 Å². The summed E-state index contributed by atoms with van der Waals surface area (Å²) in [4.78, 5) is 0. The molecule has 0 amide bonds. The lowest BCUT2D eigenvalue weighted by Gasteiger charge is -2.29. The lowest BCUT2D eigenvalue weighted by Crippen LogP contribution is -2.13. The van der Waals surface area contributed by atoms with Gasteiger partial charge >= 0.3 is 0 Å². The number of hydrogen-bond donors (Lipinski definition) is 0. The normalized spacial score (nSPS) is 19.8. The van der Waals surface area contributed by atoms with Gasteiger partial charge in [0.2, 0.25) is 0 Å². The Morgan fingerprint density at radius 3 is 2.14 bits per heavy atom. The standard InChI is InChI=1S/C25H38N2S/c1-3-5-7-8-20-10-15-22(16-11-20)23-17-12-21(13-18-23)14-19-25-27-26-24(28-25)9-6-4-2/h12-13,17-18,20,22H,3-11,14-16,19H2,1-2H3. The van der Waals surface area contributed by atoms with Crippen molar-refractivity contribution in [3.8, 4) is 0 Å². The predicted molar refractivity (Wildman–Crippen MR) is 121 cm³/mol. The predicted octanol–water partition coefficient (Wildman–Crippen LogP) is 7.52. The van der Waals surface area contributed by atoms with Gasteiger partial charge in [-0.3, -0.25) is 0 Å². The lowest BCUT2D eigenvalue weighted by molar-refractivity contribution is 0.303. The van der Waals surface area contributed by atoms with E-state index in [1.807, 2.05) is 0 Å². The zero-order chi connectivity index (χ0) is 19.6. The SMILES string of the molecule is CCCCCC1CCC(c2ccc(CCc3nnc(CCCC)s3)cc2)CC1. The summed E-state index contributed by atoms with van der Waals surface area (Å²) in [7, 11) is 0. The van der Waals surface area contributed by atoms with E-state index in [-0.39, 0.29) is 0 Å². The van der Waals surface area contributed by atoms with Crippen molar-refractivity contribution < 1.29 is 0 Å². The molecule has 1 aliphatic carbocycles. The summed E-state index contributed by atoms with van der Waals surface area (Å²) in [5.41, 5.74) is 3.00. The summed E-state index contributed by atoms with van der Waals surface area (Å²) in [6.07, 6.45) is 16.9. The molecule has 1 fully saturated rings. The molecule has 1 aromatic carbocycles. The fourth-order valence-corrected chi connectivity index (χ4v) is 5.38. The van der Waals surface area contributed by atoms with Gasteiger partial charge in [0, 0.05) is 12.8 Å². The third-order valence-corrected chi connectivity index (χ3v) is 7.44. The van der Waals surface area contributed by atoms with Gasteiger partial charge in [0.15, 0.2) is 0 Å². The fourth-order valence-electron chi connectivity index (χ4n) is 4.49. The Morgan fingerprint density at radius 2 is 1.46 bits per heavy atom. The van der Waals surface area contributed by atoms with Crippen molar-refractivity contribution in [3.05, 3.63) is 45.4 Å². The van der Waals surface area contributed by atoms with Crippen molar-refractivity contribution in [1.29, 1.82) is 0 Å². The van der Waals surface area contributed by atoms with Gasteiger partial charge in [-0.15, -0.1) is 21.5 Å². The highest BCUT2D eigenvalue weighted by Crippen LogP contribution is 2.37. The zero-order valence-corrected chi connectivity index (χ0v) is 18.8. The Bertz CT molecular complexity index is 668. The molecule has 0 spiro atoms. The van der Waals surface area contributed by atoms with E-state index in [0.29, 0.717) is 0 Å². The third kappa shape index (κ3) is 6.69. The monoisotopic (exact) mass is 398 g/mol. The number of unbranched alkanes of at least 4 members (excludes halogenated alkanes) is 3. The summed E-state index contributed by atoms with van der Waals surface area (Å²) in [6.45, 7) is 4.53. The van der Waals surface area contributed by atoms with Crippen molar-refractivity contribution >= 4 is 11.3 Å². The topological polar surface area (TPSA) is 25.8 Å². The lowest BCUT2D eigenvalue weighted by atomic mass is 9.77. The van der Waals surface area contributed by atoms with Crippen molar-refractivity contribution in [3.63, 3.8) is 0 Å². The first-order valence-electron chi connectivity index (χ1n) is 11.7. The molecule has 2 aromatic rings. The van der Waals surface area contributed by atoms with Gasteiger partial charge in [-0.2, -0.15) is 0 Å². The van der Waals surface area contributed by atoms with Crippen LogP contribution in [0.5, 0.6) is 0 Å². The molecule has 0 atom stereocenters. The second-order valence-electron chi connectivity index (χ2n) is 8.65. The van der Waals surface area contributed by atoms with Crippen molar-refractivity contribution in [2.45, 2.75) is 103 Å². The molecule has 28 heavy (non-hydrogen) atoms. The first kappa shape index (κ1) is 21.5. The molecule has 2 nitrogen and oxygen atoms in total. The highest BCUT2D eigenvalue weighted by atomic mass is 32.1. The van der Waals surface area contributed by atoms with Crippen LogP contribution in [-0.4, -0.2) is 10.2 Å². The second kappa shape index (κ2) is 11.7. The molecule has 0 saturated heterocycles. The van der Waals surface area contributed by atoms with E-state index in [4.69, 9.17) is 0 Å². The van der Waals surface area contributed by atoms with Gasteiger partial charge in [0.25, 0.3) is 0 Å². The van der Waals surface area contributed by atoms with Crippen LogP contribution < -0.4 is 0 Å². The molecule has 0 bridgehead atoms. The van der Waals surface area contributed by atoms with Gasteiger partial charge < -0.3 is 0 Å². The Balaban J connectivity index is 1.42. The molecule has 3 rings (SSSR count). The van der Waals surface area contributed by atoms with E-state index in [1.165, 1.54) is 79.8 Å². The Labute approximate surface area is 176 Å². The van der Waals surface area contributed by atoms with E-state index in [2.05, 4.69) is 48.3 Å². The van der Waals surface area contributed by atoms with Gasteiger partial charge in [-0.25, -0.2) is 0 Å². The van der Waals surface area contributed by atoms with E-state index < -0.39 is 0 Å². The van der Waals surface area contributed by atoms with Crippen LogP contribution >= 0.6 is 11.3 Å². The summed E-state index contributed by atoms with van der Waals surface area (Å²) >= 11 is 1.80. The Kier molecular flexibility index (Phi) is 8.98. The minimum absolute atomic E-state index is 0.792. The van der Waals surface area contributed by atoms with E-state index in [1.54, 1.807) is 16.9 Å². The number of nitrogens with zero attached hydrogens (tertiary/aromatic N) is 2. The minimum atomic E-state index is 0.792. The van der Waals surface area contributed by atoms with Gasteiger partial charge in [0.1, 0.15) is 10.0 Å². The van der Waals surface area contributed by atoms with Crippen LogP contribution in [0.1, 0.15) is 105 Å². The molecule has 0 unspecified atom stereocenters. The van der Waals surface area contributed by atoms with Gasteiger partial charge in [0.05, 0.1) is 0 Å². The maximum absolute atomic E-state index is 4.38. The molecule has 1 aliphatic rings. The van der Waals surface area contributed by atoms with Crippen LogP contribution in [-0.2, 0) is 19.3 Å². The van der Waals surface area contributed by atoms with E-state index >= 15 is 0 Å². The number of aromatic nitrogens is 2. The third-order valence-electron chi connectivity index (χ3n) is 6.39. The Morgan fingerprint density at radius 1 is 0.786 bits per heavy atom. The van der Waals surface area contributed by atoms with Crippen LogP contribution in [0.25, 0.3) is 0 Å². The van der Waals surface area contributed by atoms with Crippen molar-refractivity contribution in [1.82, 2.24) is 10.2 Å². The smallest absolute Gasteiger partial charge is 0.117 e. The van der Waals surface area contributed by atoms with Crippen LogP contribution in [0, 0.1) is 5.92 Å². The average molecular weight is 399 g/mol. The van der Waals surface area contributed by atoms with Gasteiger partial charge in [-0.1, -0.05) is 70.2 Å². The number of hydrogen-bond acceptors (Lipinski definition) is 3. The average Bonchev–Trinajstić information content (AvgIpc) is 3.20. The number of aryl methyl sites for hydroxylation is 3. The molecule has 154 valence electrons. The highest BCUT2D eigenvalue weighted by Gasteiger charge is 2.21. The summed E-state index contributed by atoms with van der Waals surface area (Å²) < 4.78 is 0. The first-order chi connectivity index (χ1) is 13.8.